The zero-order chi connectivity index (χ0) is 15.9. The zero-order valence-electron chi connectivity index (χ0n) is 12.5. The summed E-state index contributed by atoms with van der Waals surface area (Å²) in [6.45, 7) is 3.95. The predicted octanol–water partition coefficient (Wildman–Crippen LogP) is 3.62. The number of nitrogens with one attached hydrogen (secondary N) is 1. The van der Waals surface area contributed by atoms with Gasteiger partial charge in [-0.05, 0) is 55.8 Å². The van der Waals surface area contributed by atoms with Crippen molar-refractivity contribution in [3.63, 3.8) is 0 Å². The number of carboxylic acids is 1. The quantitative estimate of drug-likeness (QED) is 0.631. The van der Waals surface area contributed by atoms with Crippen LogP contribution in [0.15, 0.2) is 53.6 Å². The number of hydrogen-bond acceptors (Lipinski definition) is 4. The Kier molecular flexibility index (Phi) is 5.14. The maximum absolute atomic E-state index is 10.8. The van der Waals surface area contributed by atoms with Gasteiger partial charge in [0.25, 0.3) is 0 Å². The van der Waals surface area contributed by atoms with Crippen LogP contribution >= 0.6 is 0 Å². The van der Waals surface area contributed by atoms with Crippen molar-refractivity contribution in [1.82, 2.24) is 0 Å². The molecule has 0 heterocycles. The largest absolute Gasteiger partial charge is 0.491 e. The van der Waals surface area contributed by atoms with Gasteiger partial charge in [0.1, 0.15) is 5.75 Å². The van der Waals surface area contributed by atoms with Gasteiger partial charge < -0.3 is 9.84 Å². The van der Waals surface area contributed by atoms with E-state index in [1.807, 2.05) is 38.1 Å². The van der Waals surface area contributed by atoms with Crippen molar-refractivity contribution in [2.75, 3.05) is 5.43 Å². The van der Waals surface area contributed by atoms with Crippen molar-refractivity contribution in [2.45, 2.75) is 20.0 Å². The maximum Gasteiger partial charge on any atom is 0.335 e. The average Bonchev–Trinajstić information content (AvgIpc) is 2.47. The molecule has 0 spiro atoms. The third kappa shape index (κ3) is 4.63. The van der Waals surface area contributed by atoms with Crippen LogP contribution in [0.2, 0.25) is 0 Å². The topological polar surface area (TPSA) is 70.9 Å². The molecular weight excluding hydrogens is 280 g/mol. The molecule has 0 aromatic heterocycles. The maximum atomic E-state index is 10.8. The fourth-order valence-electron chi connectivity index (χ4n) is 1.81. The highest BCUT2D eigenvalue weighted by Gasteiger charge is 2.01. The second-order valence-electron chi connectivity index (χ2n) is 4.99. The number of hydrazone groups is 1. The lowest BCUT2D eigenvalue weighted by atomic mass is 10.2. The number of ether oxygens (including phenoxy) is 1. The first-order valence-corrected chi connectivity index (χ1v) is 6.94. The third-order valence-electron chi connectivity index (χ3n) is 2.77. The normalized spacial score (nSPS) is 10.9. The summed E-state index contributed by atoms with van der Waals surface area (Å²) in [5, 5.41) is 13.0. The van der Waals surface area contributed by atoms with E-state index in [1.54, 1.807) is 18.3 Å². The number of benzene rings is 2. The van der Waals surface area contributed by atoms with Crippen LogP contribution in [0, 0.1) is 0 Å². The molecule has 0 atom stereocenters. The van der Waals surface area contributed by atoms with Crippen molar-refractivity contribution in [2.24, 2.45) is 5.10 Å². The first-order chi connectivity index (χ1) is 10.5. The van der Waals surface area contributed by atoms with Crippen molar-refractivity contribution < 1.29 is 14.6 Å². The second-order valence-corrected chi connectivity index (χ2v) is 4.99. The van der Waals surface area contributed by atoms with Crippen LogP contribution in [0.4, 0.5) is 5.69 Å². The van der Waals surface area contributed by atoms with Crippen molar-refractivity contribution in [1.29, 1.82) is 0 Å². The molecule has 2 aromatic rings. The van der Waals surface area contributed by atoms with Gasteiger partial charge in [-0.1, -0.05) is 12.1 Å². The van der Waals surface area contributed by atoms with Crippen molar-refractivity contribution >= 4 is 17.9 Å². The van der Waals surface area contributed by atoms with Crippen molar-refractivity contribution in [3.8, 4) is 5.75 Å². The number of aromatic carboxylic acids is 1. The lowest BCUT2D eigenvalue weighted by Crippen LogP contribution is -2.05. The molecule has 114 valence electrons. The molecular formula is C17H18N2O3. The van der Waals surface area contributed by atoms with E-state index < -0.39 is 5.97 Å². The molecule has 22 heavy (non-hydrogen) atoms. The van der Waals surface area contributed by atoms with Gasteiger partial charge in [-0.2, -0.15) is 5.10 Å². The van der Waals surface area contributed by atoms with Crippen LogP contribution in [0.1, 0.15) is 29.8 Å². The Hall–Kier alpha value is -2.82. The summed E-state index contributed by atoms with van der Waals surface area (Å²) in [6.07, 6.45) is 1.80. The van der Waals surface area contributed by atoms with Gasteiger partial charge in [0.05, 0.1) is 23.6 Å². The van der Waals surface area contributed by atoms with E-state index in [9.17, 15) is 4.79 Å². The van der Waals surface area contributed by atoms with Crippen LogP contribution in [-0.2, 0) is 0 Å². The summed E-state index contributed by atoms with van der Waals surface area (Å²) in [4.78, 5) is 10.8. The van der Waals surface area contributed by atoms with E-state index in [0.717, 1.165) is 17.0 Å². The summed E-state index contributed by atoms with van der Waals surface area (Å²) in [5.41, 5.74) is 4.73. The van der Waals surface area contributed by atoms with Gasteiger partial charge in [0.2, 0.25) is 0 Å². The lowest BCUT2D eigenvalue weighted by Gasteiger charge is -2.09. The summed E-state index contributed by atoms with van der Waals surface area (Å²) in [7, 11) is 0. The highest BCUT2D eigenvalue weighted by Crippen LogP contribution is 2.14. The lowest BCUT2D eigenvalue weighted by molar-refractivity contribution is 0.0697. The zero-order valence-corrected chi connectivity index (χ0v) is 12.5. The monoisotopic (exact) mass is 298 g/mol. The molecule has 0 aliphatic rings. The Morgan fingerprint density at radius 1 is 1.23 bits per heavy atom. The minimum absolute atomic E-state index is 0.123. The highest BCUT2D eigenvalue weighted by atomic mass is 16.5. The molecule has 2 N–H and O–H groups in total. The van der Waals surface area contributed by atoms with Gasteiger partial charge in [-0.3, -0.25) is 5.43 Å². The number of carboxylic acid groups (broad SMARTS) is 1. The van der Waals surface area contributed by atoms with E-state index >= 15 is 0 Å². The molecule has 0 saturated carbocycles. The first-order valence-electron chi connectivity index (χ1n) is 6.94. The Labute approximate surface area is 129 Å². The van der Waals surface area contributed by atoms with Crippen LogP contribution < -0.4 is 10.2 Å². The molecule has 2 aromatic carbocycles. The van der Waals surface area contributed by atoms with Gasteiger partial charge in [0.15, 0.2) is 0 Å². The van der Waals surface area contributed by atoms with Crippen LogP contribution in [0.5, 0.6) is 5.75 Å². The molecule has 0 aliphatic carbocycles. The predicted molar refractivity (Wildman–Crippen MR) is 86.8 cm³/mol. The summed E-state index contributed by atoms with van der Waals surface area (Å²) in [6, 6.07) is 14.0. The fourth-order valence-corrected chi connectivity index (χ4v) is 1.81. The second kappa shape index (κ2) is 7.26. The number of nitrogens with zero attached hydrogens (tertiary/aromatic N) is 1. The van der Waals surface area contributed by atoms with Crippen LogP contribution in [-0.4, -0.2) is 23.4 Å². The Morgan fingerprint density at radius 3 is 2.59 bits per heavy atom. The first kappa shape index (κ1) is 15.6. The highest BCUT2D eigenvalue weighted by molar-refractivity contribution is 5.88. The average molecular weight is 298 g/mol. The van der Waals surface area contributed by atoms with E-state index in [4.69, 9.17) is 9.84 Å². The van der Waals surface area contributed by atoms with Crippen LogP contribution in [0.3, 0.4) is 0 Å². The molecule has 0 unspecified atom stereocenters. The molecule has 0 fully saturated rings. The number of rotatable bonds is 6. The summed E-state index contributed by atoms with van der Waals surface area (Å²) >= 11 is 0. The number of carbonyl (C=O) groups is 1. The summed E-state index contributed by atoms with van der Waals surface area (Å²) < 4.78 is 5.62. The van der Waals surface area contributed by atoms with Gasteiger partial charge in [-0.25, -0.2) is 4.79 Å². The minimum atomic E-state index is -0.947. The Morgan fingerprint density at radius 2 is 1.95 bits per heavy atom. The number of hydrogen-bond donors (Lipinski definition) is 2. The van der Waals surface area contributed by atoms with Gasteiger partial charge in [0, 0.05) is 0 Å². The van der Waals surface area contributed by atoms with Gasteiger partial charge in [-0.15, -0.1) is 0 Å². The van der Waals surface area contributed by atoms with Crippen LogP contribution in [0.25, 0.3) is 0 Å². The molecule has 0 bridgehead atoms. The molecule has 5 nitrogen and oxygen atoms in total. The standard InChI is InChI=1S/C17H18N2O3/c1-12(2)22-16-5-3-4-13(10-16)11-18-19-15-8-6-14(7-9-15)17(20)21/h3-12,19H,1-2H3,(H,20,21)/b18-11+. The molecule has 0 saturated heterocycles. The van der Waals surface area contributed by atoms with Crippen molar-refractivity contribution in [3.05, 3.63) is 59.7 Å². The Balaban J connectivity index is 1.98. The third-order valence-corrected chi connectivity index (χ3v) is 2.77. The van der Waals surface area contributed by atoms with Gasteiger partial charge >= 0.3 is 5.97 Å². The number of anilines is 1. The van der Waals surface area contributed by atoms with E-state index in [1.165, 1.54) is 12.1 Å². The molecule has 0 radical (unpaired) electrons. The van der Waals surface area contributed by atoms with E-state index in [-0.39, 0.29) is 11.7 Å². The smallest absolute Gasteiger partial charge is 0.335 e. The molecule has 5 heteroatoms. The molecule has 2 rings (SSSR count). The summed E-state index contributed by atoms with van der Waals surface area (Å²) in [5.74, 6) is -0.151. The van der Waals surface area contributed by atoms with E-state index in [0.29, 0.717) is 0 Å². The fraction of sp³-hybridized carbons (Fsp3) is 0.176. The van der Waals surface area contributed by atoms with E-state index in [2.05, 4.69) is 10.5 Å². The minimum Gasteiger partial charge on any atom is -0.491 e. The molecule has 0 aliphatic heterocycles. The molecule has 0 amide bonds. The Bertz CT molecular complexity index is 664. The SMILES string of the molecule is CC(C)Oc1cccc(/C=N/Nc2ccc(C(=O)O)cc2)c1.